The third-order valence-corrected chi connectivity index (χ3v) is 7.20. The van der Waals surface area contributed by atoms with Crippen molar-refractivity contribution in [2.75, 3.05) is 43.1 Å². The molecule has 13 heteroatoms. The van der Waals surface area contributed by atoms with Crippen LogP contribution in [0.25, 0.3) is 10.9 Å². The molecule has 0 spiro atoms. The Bertz CT molecular complexity index is 1430. The normalized spacial score (nSPS) is 19.4. The second-order valence-electron chi connectivity index (χ2n) is 9.42. The van der Waals surface area contributed by atoms with E-state index in [-0.39, 0.29) is 35.8 Å². The lowest BCUT2D eigenvalue weighted by atomic mass is 10.1. The van der Waals surface area contributed by atoms with Gasteiger partial charge >= 0.3 is 12.1 Å². The lowest BCUT2D eigenvalue weighted by Crippen LogP contribution is -2.47. The summed E-state index contributed by atoms with van der Waals surface area (Å²) in [6, 6.07) is 7.37. The average Bonchev–Trinajstić information content (AvgIpc) is 3.51. The zero-order valence-electron chi connectivity index (χ0n) is 20.8. The topological polar surface area (TPSA) is 122 Å². The first-order valence-corrected chi connectivity index (χ1v) is 12.8. The van der Waals surface area contributed by atoms with Gasteiger partial charge in [-0.25, -0.2) is 18.4 Å². The molecule has 5 rings (SSSR count). The Morgan fingerprint density at radius 3 is 2.64 bits per heavy atom. The van der Waals surface area contributed by atoms with E-state index in [2.05, 4.69) is 10.6 Å². The SMILES string of the molecule is NC(=O)n1cc(NC(=O)N2C[C@H](F)C[C@H]2C(=O)NCc2cc(N3CCOCC3)cc(Cl)c2F)c2ccccc21. The minimum absolute atomic E-state index is 0.0796. The van der Waals surface area contributed by atoms with E-state index < -0.39 is 36.0 Å². The van der Waals surface area contributed by atoms with Crippen molar-refractivity contribution in [3.05, 3.63) is 59.0 Å². The number of aromatic nitrogens is 1. The highest BCUT2D eigenvalue weighted by atomic mass is 35.5. The molecule has 2 saturated heterocycles. The van der Waals surface area contributed by atoms with Crippen LogP contribution in [0.15, 0.2) is 42.6 Å². The number of hydrogen-bond acceptors (Lipinski definition) is 5. The second-order valence-corrected chi connectivity index (χ2v) is 9.82. The molecule has 3 aromatic rings. The molecule has 206 valence electrons. The number of urea groups is 1. The molecule has 0 unspecified atom stereocenters. The van der Waals surface area contributed by atoms with Crippen molar-refractivity contribution in [2.45, 2.75) is 25.2 Å². The number of alkyl halides is 1. The van der Waals surface area contributed by atoms with E-state index in [1.54, 1.807) is 30.3 Å². The van der Waals surface area contributed by atoms with E-state index in [0.29, 0.717) is 42.9 Å². The number of nitrogens with one attached hydrogen (secondary N) is 2. The molecule has 2 aliphatic heterocycles. The highest BCUT2D eigenvalue weighted by molar-refractivity contribution is 6.31. The molecule has 4 amide bonds. The standard InChI is InChI=1S/C26H27ClF2N6O4/c27-19-11-17(33-5-7-39-8-6-33)9-15(23(19)29)12-31-24(36)22-10-16(28)13-35(22)26(38)32-20-14-34(25(30)37)21-4-2-1-3-18(20)21/h1-4,9,11,14,16,22H,5-8,10,12-13H2,(H2,30,37)(H,31,36)(H,32,38)/t16-,22+/m1/s1. The van der Waals surface area contributed by atoms with E-state index in [4.69, 9.17) is 22.1 Å². The van der Waals surface area contributed by atoms with Crippen molar-refractivity contribution in [1.82, 2.24) is 14.8 Å². The molecule has 0 radical (unpaired) electrons. The number of morpholine rings is 1. The summed E-state index contributed by atoms with van der Waals surface area (Å²) in [4.78, 5) is 41.1. The number of halogens is 3. The molecular formula is C26H27ClF2N6O4. The minimum Gasteiger partial charge on any atom is -0.378 e. The van der Waals surface area contributed by atoms with Crippen molar-refractivity contribution in [3.63, 3.8) is 0 Å². The minimum atomic E-state index is -1.42. The number of fused-ring (bicyclic) bond motifs is 1. The van der Waals surface area contributed by atoms with Gasteiger partial charge < -0.3 is 30.9 Å². The Balaban J connectivity index is 1.30. The summed E-state index contributed by atoms with van der Waals surface area (Å²) in [6.07, 6.45) is -0.259. The number of likely N-dealkylation sites (tertiary alicyclic amines) is 1. The van der Waals surface area contributed by atoms with Gasteiger partial charge in [-0.3, -0.25) is 9.36 Å². The second kappa shape index (κ2) is 11.1. The molecule has 0 saturated carbocycles. The number of carbonyl (C=O) groups excluding carboxylic acids is 3. The summed E-state index contributed by atoms with van der Waals surface area (Å²) in [5.41, 5.74) is 7.08. The zero-order valence-corrected chi connectivity index (χ0v) is 21.6. The van der Waals surface area contributed by atoms with Crippen LogP contribution in [0.5, 0.6) is 0 Å². The van der Waals surface area contributed by atoms with E-state index in [0.717, 1.165) is 4.90 Å². The van der Waals surface area contributed by atoms with Gasteiger partial charge in [0.2, 0.25) is 5.91 Å². The van der Waals surface area contributed by atoms with Crippen LogP contribution in [0, 0.1) is 5.82 Å². The van der Waals surface area contributed by atoms with Crippen molar-refractivity contribution < 1.29 is 27.9 Å². The van der Waals surface area contributed by atoms with Crippen LogP contribution in [0.3, 0.4) is 0 Å². The predicted molar refractivity (Wildman–Crippen MR) is 142 cm³/mol. The molecule has 0 bridgehead atoms. The van der Waals surface area contributed by atoms with Crippen LogP contribution in [-0.4, -0.2) is 72.5 Å². The van der Waals surface area contributed by atoms with Crippen LogP contribution in [0.1, 0.15) is 12.0 Å². The maximum atomic E-state index is 14.8. The number of benzene rings is 2. The Morgan fingerprint density at radius 1 is 1.15 bits per heavy atom. The summed E-state index contributed by atoms with van der Waals surface area (Å²) in [5.74, 6) is -1.29. The maximum Gasteiger partial charge on any atom is 0.323 e. The fourth-order valence-electron chi connectivity index (χ4n) is 4.97. The fourth-order valence-corrected chi connectivity index (χ4v) is 5.20. The predicted octanol–water partition coefficient (Wildman–Crippen LogP) is 3.46. The zero-order chi connectivity index (χ0) is 27.7. The lowest BCUT2D eigenvalue weighted by molar-refractivity contribution is -0.124. The van der Waals surface area contributed by atoms with Crippen LogP contribution in [-0.2, 0) is 16.1 Å². The number of primary amides is 1. The van der Waals surface area contributed by atoms with Crippen molar-refractivity contribution in [2.24, 2.45) is 5.73 Å². The van der Waals surface area contributed by atoms with Crippen LogP contribution >= 0.6 is 11.6 Å². The van der Waals surface area contributed by atoms with Crippen molar-refractivity contribution >= 4 is 51.8 Å². The average molecular weight is 561 g/mol. The Morgan fingerprint density at radius 2 is 1.90 bits per heavy atom. The van der Waals surface area contributed by atoms with Gasteiger partial charge in [0.05, 0.1) is 36.0 Å². The maximum absolute atomic E-state index is 14.8. The van der Waals surface area contributed by atoms with E-state index >= 15 is 0 Å². The summed E-state index contributed by atoms with van der Waals surface area (Å²) in [6.45, 7) is 1.82. The van der Waals surface area contributed by atoms with Gasteiger partial charge in [0.25, 0.3) is 0 Å². The Hall–Kier alpha value is -3.90. The number of carbonyl (C=O) groups is 3. The first-order chi connectivity index (χ1) is 18.7. The van der Waals surface area contributed by atoms with Crippen LogP contribution in [0.2, 0.25) is 5.02 Å². The molecule has 2 atom stereocenters. The number of hydrogen-bond donors (Lipinski definition) is 3. The smallest absolute Gasteiger partial charge is 0.323 e. The molecule has 2 aliphatic rings. The first kappa shape index (κ1) is 26.7. The quantitative estimate of drug-likeness (QED) is 0.441. The van der Waals surface area contributed by atoms with Crippen molar-refractivity contribution in [1.29, 1.82) is 0 Å². The number of para-hydroxylation sites is 1. The summed E-state index contributed by atoms with van der Waals surface area (Å²) in [5, 5.41) is 5.75. The molecule has 39 heavy (non-hydrogen) atoms. The third-order valence-electron chi connectivity index (χ3n) is 6.92. The van der Waals surface area contributed by atoms with E-state index in [9.17, 15) is 23.2 Å². The van der Waals surface area contributed by atoms with Crippen molar-refractivity contribution in [3.8, 4) is 0 Å². The van der Waals surface area contributed by atoms with E-state index in [1.165, 1.54) is 16.8 Å². The fraction of sp³-hybridized carbons (Fsp3) is 0.346. The molecule has 2 fully saturated rings. The Labute approximate surface area is 227 Å². The first-order valence-electron chi connectivity index (χ1n) is 12.4. The molecule has 1 aromatic heterocycles. The molecular weight excluding hydrogens is 534 g/mol. The number of amides is 4. The Kier molecular flexibility index (Phi) is 7.58. The monoisotopic (exact) mass is 560 g/mol. The van der Waals surface area contributed by atoms with Gasteiger partial charge in [-0.05, 0) is 18.2 Å². The summed E-state index contributed by atoms with van der Waals surface area (Å²) < 4.78 is 35.7. The van der Waals surface area contributed by atoms with Crippen LogP contribution in [0.4, 0.5) is 29.7 Å². The highest BCUT2D eigenvalue weighted by Crippen LogP contribution is 2.29. The van der Waals surface area contributed by atoms with E-state index in [1.807, 2.05) is 4.90 Å². The van der Waals surface area contributed by atoms with Gasteiger partial charge in [0, 0.05) is 48.9 Å². The van der Waals surface area contributed by atoms with Gasteiger partial charge in [-0.2, -0.15) is 0 Å². The van der Waals surface area contributed by atoms with Gasteiger partial charge in [-0.1, -0.05) is 29.8 Å². The number of nitrogens with zero attached hydrogens (tertiary/aromatic N) is 3. The third kappa shape index (κ3) is 5.48. The number of rotatable bonds is 5. The molecule has 10 nitrogen and oxygen atoms in total. The molecule has 0 aliphatic carbocycles. The molecule has 3 heterocycles. The molecule has 4 N–H and O–H groups in total. The highest BCUT2D eigenvalue weighted by Gasteiger charge is 2.40. The van der Waals surface area contributed by atoms with Gasteiger partial charge in [0.1, 0.15) is 18.0 Å². The lowest BCUT2D eigenvalue weighted by Gasteiger charge is -2.29. The van der Waals surface area contributed by atoms with Crippen LogP contribution < -0.4 is 21.3 Å². The molecule has 2 aromatic carbocycles. The summed E-state index contributed by atoms with van der Waals surface area (Å²) in [7, 11) is 0. The number of ether oxygens (including phenoxy) is 1. The number of nitrogens with two attached hydrogens (primary N) is 1. The van der Waals surface area contributed by atoms with Gasteiger partial charge in [0.15, 0.2) is 0 Å². The number of anilines is 2. The summed E-state index contributed by atoms with van der Waals surface area (Å²) >= 11 is 6.12. The largest absolute Gasteiger partial charge is 0.378 e. The van der Waals surface area contributed by atoms with Gasteiger partial charge in [-0.15, -0.1) is 0 Å².